The Hall–Kier alpha value is -0.670. The van der Waals surface area contributed by atoms with Crippen LogP contribution in [0.4, 0.5) is 0 Å². The molecular weight excluding hydrogens is 276 g/mol. The maximum absolute atomic E-state index is 11.8. The quantitative estimate of drug-likeness (QED) is 0.723. The number of carbonyl (C=O) groups is 1. The third kappa shape index (κ3) is 1.78. The van der Waals surface area contributed by atoms with E-state index in [0.717, 1.165) is 38.5 Å². The molecule has 3 saturated carbocycles. The van der Waals surface area contributed by atoms with Gasteiger partial charge in [-0.25, -0.2) is 0 Å². The Morgan fingerprint density at radius 2 is 1.91 bits per heavy atom. The SMILES string of the molecule is C[C@]12C[C@H](O)C3[C@@H](CCC4=CC(=O)CC[C@@]43C)[C@@H]1CC[C@@H]2O. The van der Waals surface area contributed by atoms with Gasteiger partial charge in [-0.05, 0) is 73.2 Å². The molecule has 0 radical (unpaired) electrons. The molecule has 0 aromatic carbocycles. The summed E-state index contributed by atoms with van der Waals surface area (Å²) >= 11 is 0. The second-order valence-electron chi connectivity index (χ2n) is 8.76. The van der Waals surface area contributed by atoms with Crippen molar-refractivity contribution < 1.29 is 15.0 Å². The molecule has 0 amide bonds. The highest BCUT2D eigenvalue weighted by Crippen LogP contribution is 2.65. The molecule has 1 unspecified atom stereocenters. The lowest BCUT2D eigenvalue weighted by Gasteiger charge is -2.59. The van der Waals surface area contributed by atoms with E-state index in [1.165, 1.54) is 5.57 Å². The molecule has 3 fully saturated rings. The summed E-state index contributed by atoms with van der Waals surface area (Å²) < 4.78 is 0. The molecule has 0 heterocycles. The fraction of sp³-hybridized carbons (Fsp3) is 0.842. The summed E-state index contributed by atoms with van der Waals surface area (Å²) in [5, 5.41) is 21.4. The number of ketones is 1. The topological polar surface area (TPSA) is 57.5 Å². The van der Waals surface area contributed by atoms with Crippen LogP contribution in [0.3, 0.4) is 0 Å². The lowest BCUT2D eigenvalue weighted by molar-refractivity contribution is -0.142. The molecule has 122 valence electrons. The molecule has 7 atom stereocenters. The predicted octanol–water partition coefficient (Wildman–Crippen LogP) is 2.85. The van der Waals surface area contributed by atoms with Crippen LogP contribution in [-0.2, 0) is 4.79 Å². The number of hydrogen-bond acceptors (Lipinski definition) is 3. The number of fused-ring (bicyclic) bond motifs is 5. The van der Waals surface area contributed by atoms with Crippen LogP contribution < -0.4 is 0 Å². The predicted molar refractivity (Wildman–Crippen MR) is 84.1 cm³/mol. The Morgan fingerprint density at radius 1 is 1.14 bits per heavy atom. The van der Waals surface area contributed by atoms with Crippen LogP contribution >= 0.6 is 0 Å². The van der Waals surface area contributed by atoms with Crippen molar-refractivity contribution in [2.75, 3.05) is 0 Å². The second-order valence-corrected chi connectivity index (χ2v) is 8.76. The normalized spacial score (nSPS) is 54.3. The Kier molecular flexibility index (Phi) is 3.16. The molecule has 2 N–H and O–H groups in total. The number of hydrogen-bond donors (Lipinski definition) is 2. The van der Waals surface area contributed by atoms with Crippen LogP contribution in [0, 0.1) is 28.6 Å². The van der Waals surface area contributed by atoms with Crippen LogP contribution in [0.5, 0.6) is 0 Å². The summed E-state index contributed by atoms with van der Waals surface area (Å²) in [6.07, 6.45) is 7.56. The molecule has 22 heavy (non-hydrogen) atoms. The van der Waals surface area contributed by atoms with E-state index in [-0.39, 0.29) is 34.7 Å². The molecular formula is C19H28O3. The van der Waals surface area contributed by atoms with Crippen LogP contribution in [0.2, 0.25) is 0 Å². The Morgan fingerprint density at radius 3 is 2.68 bits per heavy atom. The lowest BCUT2D eigenvalue weighted by atomic mass is 9.46. The van der Waals surface area contributed by atoms with Crippen molar-refractivity contribution in [2.45, 2.75) is 71.0 Å². The Bertz CT molecular complexity index is 539. The zero-order valence-corrected chi connectivity index (χ0v) is 13.7. The number of aliphatic hydroxyl groups is 2. The molecule has 0 saturated heterocycles. The fourth-order valence-electron chi connectivity index (χ4n) is 6.66. The van der Waals surface area contributed by atoms with Crippen molar-refractivity contribution in [1.29, 1.82) is 0 Å². The van der Waals surface area contributed by atoms with Gasteiger partial charge in [0.1, 0.15) is 0 Å². The van der Waals surface area contributed by atoms with Gasteiger partial charge in [-0.2, -0.15) is 0 Å². The summed E-state index contributed by atoms with van der Waals surface area (Å²) in [6, 6.07) is 0. The molecule has 0 aromatic rings. The van der Waals surface area contributed by atoms with Gasteiger partial charge in [-0.1, -0.05) is 19.4 Å². The Balaban J connectivity index is 1.74. The number of carbonyl (C=O) groups excluding carboxylic acids is 1. The minimum atomic E-state index is -0.346. The van der Waals surface area contributed by atoms with E-state index >= 15 is 0 Å². The highest BCUT2D eigenvalue weighted by atomic mass is 16.3. The zero-order chi connectivity index (χ0) is 15.7. The molecule has 0 spiro atoms. The monoisotopic (exact) mass is 304 g/mol. The lowest BCUT2D eigenvalue weighted by Crippen LogP contribution is -2.57. The van der Waals surface area contributed by atoms with Crippen LogP contribution in [0.15, 0.2) is 11.6 Å². The van der Waals surface area contributed by atoms with Crippen LogP contribution in [-0.4, -0.2) is 28.2 Å². The summed E-state index contributed by atoms with van der Waals surface area (Å²) in [4.78, 5) is 11.8. The summed E-state index contributed by atoms with van der Waals surface area (Å²) in [7, 11) is 0. The van der Waals surface area contributed by atoms with E-state index in [1.807, 2.05) is 6.08 Å². The summed E-state index contributed by atoms with van der Waals surface area (Å²) in [5.74, 6) is 1.56. The molecule has 0 aliphatic heterocycles. The first-order valence-electron chi connectivity index (χ1n) is 8.96. The molecule has 0 aromatic heterocycles. The van der Waals surface area contributed by atoms with E-state index in [1.54, 1.807) is 0 Å². The average molecular weight is 304 g/mol. The Labute approximate surface area is 132 Å². The van der Waals surface area contributed by atoms with Gasteiger partial charge in [0.25, 0.3) is 0 Å². The van der Waals surface area contributed by atoms with E-state index in [0.29, 0.717) is 18.3 Å². The number of allylic oxidation sites excluding steroid dienone is 1. The first kappa shape index (κ1) is 14.9. The molecule has 3 nitrogen and oxygen atoms in total. The van der Waals surface area contributed by atoms with Crippen molar-refractivity contribution in [3.05, 3.63) is 11.6 Å². The molecule has 4 rings (SSSR count). The van der Waals surface area contributed by atoms with Gasteiger partial charge in [-0.15, -0.1) is 0 Å². The molecule has 4 aliphatic rings. The molecule has 3 heteroatoms. The van der Waals surface area contributed by atoms with Crippen molar-refractivity contribution in [2.24, 2.45) is 28.6 Å². The maximum Gasteiger partial charge on any atom is 0.155 e. The van der Waals surface area contributed by atoms with Gasteiger partial charge in [0.05, 0.1) is 12.2 Å². The van der Waals surface area contributed by atoms with Crippen LogP contribution in [0.25, 0.3) is 0 Å². The summed E-state index contributed by atoms with van der Waals surface area (Å²) in [5.41, 5.74) is 1.17. The van der Waals surface area contributed by atoms with Gasteiger partial charge < -0.3 is 10.2 Å². The van der Waals surface area contributed by atoms with Gasteiger partial charge in [0.15, 0.2) is 5.78 Å². The van der Waals surface area contributed by atoms with Crippen molar-refractivity contribution in [3.8, 4) is 0 Å². The van der Waals surface area contributed by atoms with Crippen molar-refractivity contribution in [1.82, 2.24) is 0 Å². The van der Waals surface area contributed by atoms with Crippen LogP contribution in [0.1, 0.15) is 58.8 Å². The van der Waals surface area contributed by atoms with Crippen molar-refractivity contribution >= 4 is 5.78 Å². The summed E-state index contributed by atoms with van der Waals surface area (Å²) in [6.45, 7) is 4.46. The number of rotatable bonds is 0. The van der Waals surface area contributed by atoms with E-state index in [2.05, 4.69) is 13.8 Å². The van der Waals surface area contributed by atoms with E-state index in [9.17, 15) is 15.0 Å². The third-order valence-corrected chi connectivity index (χ3v) is 7.84. The zero-order valence-electron chi connectivity index (χ0n) is 13.7. The largest absolute Gasteiger partial charge is 0.393 e. The number of aliphatic hydroxyl groups excluding tert-OH is 2. The van der Waals surface area contributed by atoms with Crippen molar-refractivity contribution in [3.63, 3.8) is 0 Å². The first-order valence-corrected chi connectivity index (χ1v) is 8.96. The minimum absolute atomic E-state index is 0.00881. The maximum atomic E-state index is 11.8. The van der Waals surface area contributed by atoms with Gasteiger partial charge >= 0.3 is 0 Å². The third-order valence-electron chi connectivity index (χ3n) is 7.84. The standard InChI is InChI=1S/C19H28O3/c1-18-8-7-12(20)9-11(18)3-4-13-14-5-6-16(22)19(14,2)10-15(21)17(13)18/h9,13-17,21-22H,3-8,10H2,1-2H3/t13-,14-,15-,16-,17?,18-,19-/m0/s1. The average Bonchev–Trinajstić information content (AvgIpc) is 2.75. The highest BCUT2D eigenvalue weighted by Gasteiger charge is 2.61. The molecule has 0 bridgehead atoms. The smallest absolute Gasteiger partial charge is 0.155 e. The van der Waals surface area contributed by atoms with E-state index in [4.69, 9.17) is 0 Å². The van der Waals surface area contributed by atoms with Gasteiger partial charge in [0, 0.05) is 6.42 Å². The molecule has 4 aliphatic carbocycles. The first-order chi connectivity index (χ1) is 10.4. The van der Waals surface area contributed by atoms with Gasteiger partial charge in [0.2, 0.25) is 0 Å². The minimum Gasteiger partial charge on any atom is -0.393 e. The highest BCUT2D eigenvalue weighted by molar-refractivity contribution is 5.91. The van der Waals surface area contributed by atoms with E-state index < -0.39 is 0 Å². The fourth-order valence-corrected chi connectivity index (χ4v) is 6.66. The second kappa shape index (κ2) is 4.67. The van der Waals surface area contributed by atoms with Gasteiger partial charge in [-0.3, -0.25) is 4.79 Å².